The van der Waals surface area contributed by atoms with Gasteiger partial charge in [0.25, 0.3) is 0 Å². The van der Waals surface area contributed by atoms with E-state index in [-0.39, 0.29) is 28.1 Å². The smallest absolute Gasteiger partial charge is 0.411 e. The van der Waals surface area contributed by atoms with Crippen LogP contribution >= 0.6 is 0 Å². The van der Waals surface area contributed by atoms with E-state index in [9.17, 15) is 40.7 Å². The molecule has 1 aliphatic heterocycles. The van der Waals surface area contributed by atoms with Gasteiger partial charge in [0.2, 0.25) is 5.41 Å². The first-order valence-electron chi connectivity index (χ1n) is 9.98. The summed E-state index contributed by atoms with van der Waals surface area (Å²) < 4.78 is 94.3. The maximum atomic E-state index is 14.1. The van der Waals surface area contributed by atoms with Crippen molar-refractivity contribution in [2.45, 2.75) is 17.8 Å². The average Bonchev–Trinajstić information content (AvgIpc) is 3.07. The number of carbonyl (C=O) groups excluding carboxylic acids is 3. The summed E-state index contributed by atoms with van der Waals surface area (Å²) in [4.78, 5) is 35.6. The molecule has 0 radical (unpaired) electrons. The molecule has 0 bridgehead atoms. The number of alkyl halides is 6. The van der Waals surface area contributed by atoms with Crippen LogP contribution in [0.15, 0.2) is 66.7 Å². The zero-order valence-electron chi connectivity index (χ0n) is 17.7. The summed E-state index contributed by atoms with van der Waals surface area (Å²) in [6, 6.07) is 9.14. The van der Waals surface area contributed by atoms with E-state index in [1.165, 1.54) is 0 Å². The summed E-state index contributed by atoms with van der Waals surface area (Å²) in [6.07, 6.45) is -11.6. The van der Waals surface area contributed by atoms with Gasteiger partial charge in [-0.3, -0.25) is 0 Å². The Balaban J connectivity index is 1.69. The first-order chi connectivity index (χ1) is 16.8. The largest absolute Gasteiger partial charge is 0.423 e. The molecule has 4 rings (SSSR count). The highest BCUT2D eigenvalue weighted by molar-refractivity contribution is 6.15. The molecular weight excluding hydrogens is 496 g/mol. The van der Waals surface area contributed by atoms with Crippen molar-refractivity contribution in [3.63, 3.8) is 0 Å². The fourth-order valence-corrected chi connectivity index (χ4v) is 3.87. The van der Waals surface area contributed by atoms with E-state index in [1.807, 2.05) is 0 Å². The minimum atomic E-state index is -5.80. The molecule has 0 saturated heterocycles. The average molecular weight is 509 g/mol. The highest BCUT2D eigenvalue weighted by Gasteiger charge is 2.72. The minimum absolute atomic E-state index is 0.0246. The molecule has 12 heteroatoms. The number of ether oxygens (including phenoxy) is 2. The molecule has 0 aromatic heterocycles. The van der Waals surface area contributed by atoms with Crippen molar-refractivity contribution in [1.82, 2.24) is 0 Å². The fourth-order valence-electron chi connectivity index (χ4n) is 3.87. The predicted molar refractivity (Wildman–Crippen MR) is 111 cm³/mol. The Labute approximate surface area is 198 Å². The third-order valence-electron chi connectivity index (χ3n) is 5.57. The van der Waals surface area contributed by atoms with E-state index >= 15 is 0 Å². The quantitative estimate of drug-likeness (QED) is 0.171. The van der Waals surface area contributed by atoms with E-state index in [4.69, 9.17) is 10.5 Å². The van der Waals surface area contributed by atoms with Crippen LogP contribution < -0.4 is 10.5 Å². The number of nitrogen functional groups attached to an aromatic ring is 1. The van der Waals surface area contributed by atoms with Crippen molar-refractivity contribution < 1.29 is 50.2 Å². The molecule has 0 spiro atoms. The number of halogens is 6. The van der Waals surface area contributed by atoms with Gasteiger partial charge in [0.05, 0.1) is 16.7 Å². The number of benzene rings is 3. The van der Waals surface area contributed by atoms with Gasteiger partial charge in [-0.25, -0.2) is 14.4 Å². The molecule has 2 N–H and O–H groups in total. The van der Waals surface area contributed by atoms with E-state index in [0.29, 0.717) is 24.3 Å². The standard InChI is InChI=1S/C24H13F6NO5/c25-23(26,27)22(24(28,29)30,13-2-6-15(31)7-3-13)14-4-8-16(9-5-14)35-19(32)12-1-10-17-18(11-12)21(34)36-20(17)33/h1-11H,31H2. The maximum Gasteiger partial charge on any atom is 0.411 e. The van der Waals surface area contributed by atoms with Crippen molar-refractivity contribution >= 4 is 23.6 Å². The molecule has 1 heterocycles. The van der Waals surface area contributed by atoms with Gasteiger partial charge in [-0.1, -0.05) is 24.3 Å². The molecule has 0 unspecified atom stereocenters. The second kappa shape index (κ2) is 8.40. The van der Waals surface area contributed by atoms with Gasteiger partial charge in [-0.15, -0.1) is 0 Å². The van der Waals surface area contributed by atoms with E-state index < -0.39 is 46.8 Å². The zero-order chi connectivity index (χ0) is 26.5. The van der Waals surface area contributed by atoms with Crippen LogP contribution in [0.3, 0.4) is 0 Å². The third-order valence-corrected chi connectivity index (χ3v) is 5.57. The lowest BCUT2D eigenvalue weighted by molar-refractivity contribution is -0.288. The lowest BCUT2D eigenvalue weighted by atomic mass is 9.73. The van der Waals surface area contributed by atoms with Crippen LogP contribution in [0.1, 0.15) is 42.2 Å². The molecule has 36 heavy (non-hydrogen) atoms. The summed E-state index contributed by atoms with van der Waals surface area (Å²) in [7, 11) is 0. The summed E-state index contributed by atoms with van der Waals surface area (Å²) >= 11 is 0. The van der Waals surface area contributed by atoms with E-state index in [0.717, 1.165) is 42.5 Å². The van der Waals surface area contributed by atoms with Crippen molar-refractivity contribution in [1.29, 1.82) is 0 Å². The summed E-state index contributed by atoms with van der Waals surface area (Å²) in [5.74, 6) is -3.32. The number of carbonyl (C=O) groups is 3. The lowest BCUT2D eigenvalue weighted by Gasteiger charge is -2.38. The van der Waals surface area contributed by atoms with Gasteiger partial charge < -0.3 is 15.2 Å². The highest BCUT2D eigenvalue weighted by Crippen LogP contribution is 2.56. The van der Waals surface area contributed by atoms with Gasteiger partial charge in [0, 0.05) is 5.69 Å². The second-order valence-electron chi connectivity index (χ2n) is 7.72. The second-order valence-corrected chi connectivity index (χ2v) is 7.72. The van der Waals surface area contributed by atoms with Crippen LogP contribution in [0.25, 0.3) is 0 Å². The van der Waals surface area contributed by atoms with E-state index in [2.05, 4.69) is 4.74 Å². The number of esters is 3. The SMILES string of the molecule is Nc1ccc(C(c2ccc(OC(=O)c3ccc4c(c3)C(=O)OC4=O)cc2)(C(F)(F)F)C(F)(F)F)cc1. The molecule has 0 fully saturated rings. The van der Waals surface area contributed by atoms with Crippen molar-refractivity contribution in [2.75, 3.05) is 5.73 Å². The van der Waals surface area contributed by atoms with E-state index in [1.54, 1.807) is 0 Å². The Morgan fingerprint density at radius 1 is 0.722 bits per heavy atom. The number of anilines is 1. The molecule has 0 aliphatic carbocycles. The van der Waals surface area contributed by atoms with Gasteiger partial charge in [-0.05, 0) is 53.6 Å². The molecule has 0 amide bonds. The number of cyclic esters (lactones) is 2. The van der Waals surface area contributed by atoms with Gasteiger partial charge >= 0.3 is 30.3 Å². The normalized spacial score (nSPS) is 13.8. The molecule has 1 aliphatic rings. The van der Waals surface area contributed by atoms with Crippen molar-refractivity contribution in [3.8, 4) is 5.75 Å². The Hall–Kier alpha value is -4.35. The summed E-state index contributed by atoms with van der Waals surface area (Å²) in [5.41, 5.74) is -1.70. The van der Waals surface area contributed by atoms with Crippen LogP contribution in [0.5, 0.6) is 5.75 Å². The Kier molecular flexibility index (Phi) is 5.78. The summed E-state index contributed by atoms with van der Waals surface area (Å²) in [6.45, 7) is 0. The molecule has 186 valence electrons. The Morgan fingerprint density at radius 2 is 1.22 bits per heavy atom. The van der Waals surface area contributed by atoms with Crippen LogP contribution in [0, 0.1) is 0 Å². The number of hydrogen-bond donors (Lipinski definition) is 1. The van der Waals surface area contributed by atoms with Crippen molar-refractivity contribution in [2.24, 2.45) is 0 Å². The van der Waals surface area contributed by atoms with Crippen LogP contribution in [0.4, 0.5) is 32.0 Å². The first-order valence-corrected chi connectivity index (χ1v) is 9.98. The molecule has 0 atom stereocenters. The number of fused-ring (bicyclic) bond motifs is 1. The number of hydrogen-bond acceptors (Lipinski definition) is 6. The third kappa shape index (κ3) is 3.93. The number of rotatable bonds is 4. The zero-order valence-corrected chi connectivity index (χ0v) is 17.7. The Bertz CT molecular complexity index is 1350. The molecule has 3 aromatic carbocycles. The topological polar surface area (TPSA) is 95.7 Å². The fraction of sp³-hybridized carbons (Fsp3) is 0.125. The van der Waals surface area contributed by atoms with Crippen LogP contribution in [-0.4, -0.2) is 30.3 Å². The predicted octanol–water partition coefficient (Wildman–Crippen LogP) is 5.21. The summed E-state index contributed by atoms with van der Waals surface area (Å²) in [5, 5.41) is 0. The maximum absolute atomic E-state index is 14.1. The molecule has 3 aromatic rings. The minimum Gasteiger partial charge on any atom is -0.423 e. The van der Waals surface area contributed by atoms with Gasteiger partial charge in [0.15, 0.2) is 0 Å². The van der Waals surface area contributed by atoms with Gasteiger partial charge in [-0.2, -0.15) is 26.3 Å². The molecule has 0 saturated carbocycles. The van der Waals surface area contributed by atoms with Crippen LogP contribution in [-0.2, 0) is 10.2 Å². The molecule has 6 nitrogen and oxygen atoms in total. The highest BCUT2D eigenvalue weighted by atomic mass is 19.4. The van der Waals surface area contributed by atoms with Crippen molar-refractivity contribution in [3.05, 3.63) is 94.5 Å². The monoisotopic (exact) mass is 509 g/mol. The van der Waals surface area contributed by atoms with Crippen LogP contribution in [0.2, 0.25) is 0 Å². The number of nitrogens with two attached hydrogens (primary N) is 1. The van der Waals surface area contributed by atoms with Gasteiger partial charge in [0.1, 0.15) is 5.75 Å². The molecular formula is C24H13F6NO5. The lowest BCUT2D eigenvalue weighted by Crippen LogP contribution is -2.54. The first kappa shape index (κ1) is 24.8. The Morgan fingerprint density at radius 3 is 1.75 bits per heavy atom.